The minimum Gasteiger partial charge on any atom is -0.469 e. The van der Waals surface area contributed by atoms with Gasteiger partial charge < -0.3 is 4.74 Å². The average molecular weight is 398 g/mol. The van der Waals surface area contributed by atoms with Gasteiger partial charge in [-0.3, -0.25) is 4.79 Å². The lowest BCUT2D eigenvalue weighted by Gasteiger charge is -2.18. The van der Waals surface area contributed by atoms with Crippen LogP contribution >= 0.6 is 15.9 Å². The molecule has 1 atom stereocenters. The maximum Gasteiger partial charge on any atom is 0.307 e. The molecule has 0 saturated carbocycles. The summed E-state index contributed by atoms with van der Waals surface area (Å²) in [4.78, 5) is 11.8. The number of methoxy groups -OCH3 is 1. The second-order valence-corrected chi connectivity index (χ2v) is 7.45. The Bertz CT molecular complexity index is 760. The van der Waals surface area contributed by atoms with E-state index >= 15 is 0 Å². The molecule has 2 aromatic rings. The summed E-state index contributed by atoms with van der Waals surface area (Å²) in [7, 11) is -2.47. The number of nitrogens with one attached hydrogen (secondary N) is 1. The first kappa shape index (κ1) is 17.7. The zero-order chi connectivity index (χ0) is 16.9. The fraction of sp³-hybridized carbons (Fsp3) is 0.188. The van der Waals surface area contributed by atoms with Crippen LogP contribution in [-0.2, 0) is 19.6 Å². The molecule has 0 saturated heterocycles. The molecule has 0 aliphatic rings. The molecule has 5 nitrogen and oxygen atoms in total. The second-order valence-electron chi connectivity index (χ2n) is 4.82. The van der Waals surface area contributed by atoms with Crippen molar-refractivity contribution in [1.82, 2.24) is 4.72 Å². The zero-order valence-corrected chi connectivity index (χ0v) is 14.8. The highest BCUT2D eigenvalue weighted by Gasteiger charge is 2.24. The molecule has 1 unspecified atom stereocenters. The van der Waals surface area contributed by atoms with Gasteiger partial charge in [-0.2, -0.15) is 0 Å². The molecule has 0 heterocycles. The van der Waals surface area contributed by atoms with Crippen LogP contribution in [0, 0.1) is 0 Å². The number of ether oxygens (including phenoxy) is 1. The summed E-state index contributed by atoms with van der Waals surface area (Å²) >= 11 is 3.33. The molecule has 0 aromatic heterocycles. The van der Waals surface area contributed by atoms with Crippen LogP contribution in [0.25, 0.3) is 0 Å². The van der Waals surface area contributed by atoms with Crippen LogP contribution in [-0.4, -0.2) is 21.5 Å². The van der Waals surface area contributed by atoms with E-state index in [-0.39, 0.29) is 11.3 Å². The number of sulfonamides is 1. The van der Waals surface area contributed by atoms with Crippen molar-refractivity contribution in [2.24, 2.45) is 0 Å². The Kier molecular flexibility index (Phi) is 5.92. The molecule has 23 heavy (non-hydrogen) atoms. The predicted molar refractivity (Wildman–Crippen MR) is 90.3 cm³/mol. The van der Waals surface area contributed by atoms with E-state index in [1.165, 1.54) is 19.2 Å². The van der Waals surface area contributed by atoms with Gasteiger partial charge in [0.2, 0.25) is 10.0 Å². The number of hydrogen-bond donors (Lipinski definition) is 1. The maximum atomic E-state index is 12.5. The fourth-order valence-corrected chi connectivity index (χ4v) is 3.54. The Hall–Kier alpha value is -1.70. The summed E-state index contributed by atoms with van der Waals surface area (Å²) in [6.07, 6.45) is -0.0931. The number of benzene rings is 2. The van der Waals surface area contributed by atoms with Crippen molar-refractivity contribution in [2.45, 2.75) is 17.4 Å². The number of carbonyl (C=O) groups excluding carboxylic acids is 1. The Morgan fingerprint density at radius 1 is 1.13 bits per heavy atom. The van der Waals surface area contributed by atoms with Gasteiger partial charge in [-0.05, 0) is 29.8 Å². The van der Waals surface area contributed by atoms with Crippen molar-refractivity contribution < 1.29 is 17.9 Å². The Balaban J connectivity index is 2.30. The van der Waals surface area contributed by atoms with E-state index in [0.29, 0.717) is 5.56 Å². The Morgan fingerprint density at radius 2 is 1.74 bits per heavy atom. The largest absolute Gasteiger partial charge is 0.469 e. The van der Waals surface area contributed by atoms with Crippen LogP contribution in [0.15, 0.2) is 64.0 Å². The average Bonchev–Trinajstić information content (AvgIpc) is 2.55. The summed E-state index contributed by atoms with van der Waals surface area (Å²) < 4.78 is 33.1. The summed E-state index contributed by atoms with van der Waals surface area (Å²) in [5.41, 5.74) is 0.679. The van der Waals surface area contributed by atoms with E-state index in [2.05, 4.69) is 25.4 Å². The topological polar surface area (TPSA) is 72.5 Å². The molecule has 0 fully saturated rings. The standard InChI is InChI=1S/C16H16BrNO4S/c1-22-16(19)11-15(12-7-9-13(17)10-8-12)18-23(20,21)14-5-3-2-4-6-14/h2-10,15,18H,11H2,1H3. The molecule has 0 aliphatic heterocycles. The molecule has 0 spiro atoms. The van der Waals surface area contributed by atoms with Gasteiger partial charge in [-0.1, -0.05) is 46.3 Å². The smallest absolute Gasteiger partial charge is 0.307 e. The van der Waals surface area contributed by atoms with Crippen LogP contribution in [0.2, 0.25) is 0 Å². The highest BCUT2D eigenvalue weighted by molar-refractivity contribution is 9.10. The molecule has 2 rings (SSSR count). The first-order chi connectivity index (χ1) is 10.9. The molecule has 0 amide bonds. The third kappa shape index (κ3) is 4.89. The van der Waals surface area contributed by atoms with Crippen molar-refractivity contribution in [3.8, 4) is 0 Å². The quantitative estimate of drug-likeness (QED) is 0.760. The molecular weight excluding hydrogens is 382 g/mol. The lowest BCUT2D eigenvalue weighted by molar-refractivity contribution is -0.141. The van der Waals surface area contributed by atoms with Crippen LogP contribution in [0.5, 0.6) is 0 Å². The number of rotatable bonds is 6. The summed E-state index contributed by atoms with van der Waals surface area (Å²) in [6, 6.07) is 14.4. The van der Waals surface area contributed by atoms with E-state index in [1.54, 1.807) is 42.5 Å². The van der Waals surface area contributed by atoms with Crippen molar-refractivity contribution in [3.63, 3.8) is 0 Å². The normalized spacial score (nSPS) is 12.6. The summed E-state index contributed by atoms with van der Waals surface area (Å²) in [6.45, 7) is 0. The van der Waals surface area contributed by atoms with Gasteiger partial charge in [0, 0.05) is 4.47 Å². The highest BCUT2D eigenvalue weighted by atomic mass is 79.9. The van der Waals surface area contributed by atoms with Gasteiger partial charge in [0.15, 0.2) is 0 Å². The molecule has 0 aliphatic carbocycles. The highest BCUT2D eigenvalue weighted by Crippen LogP contribution is 2.22. The van der Waals surface area contributed by atoms with E-state index in [1.807, 2.05) is 0 Å². The first-order valence-electron chi connectivity index (χ1n) is 6.82. The minimum absolute atomic E-state index is 0.0931. The molecule has 0 radical (unpaired) electrons. The van der Waals surface area contributed by atoms with Crippen LogP contribution < -0.4 is 4.72 Å². The van der Waals surface area contributed by atoms with Gasteiger partial charge in [0.25, 0.3) is 0 Å². The van der Waals surface area contributed by atoms with Crippen LogP contribution in [0.4, 0.5) is 0 Å². The third-order valence-corrected chi connectivity index (χ3v) is 5.24. The molecule has 0 bridgehead atoms. The van der Waals surface area contributed by atoms with Crippen molar-refractivity contribution in [1.29, 1.82) is 0 Å². The van der Waals surface area contributed by atoms with Crippen LogP contribution in [0.3, 0.4) is 0 Å². The SMILES string of the molecule is COC(=O)CC(NS(=O)(=O)c1ccccc1)c1ccc(Br)cc1. The molecular formula is C16H16BrNO4S. The third-order valence-electron chi connectivity index (χ3n) is 3.22. The second kappa shape index (κ2) is 7.72. The van der Waals surface area contributed by atoms with Gasteiger partial charge in [0.05, 0.1) is 24.5 Å². The van der Waals surface area contributed by atoms with Gasteiger partial charge in [-0.25, -0.2) is 13.1 Å². The van der Waals surface area contributed by atoms with E-state index < -0.39 is 22.0 Å². The van der Waals surface area contributed by atoms with E-state index in [4.69, 9.17) is 0 Å². The minimum atomic E-state index is -3.74. The Morgan fingerprint density at radius 3 is 2.30 bits per heavy atom. The number of hydrogen-bond acceptors (Lipinski definition) is 4. The molecule has 1 N–H and O–H groups in total. The van der Waals surface area contributed by atoms with E-state index in [0.717, 1.165) is 4.47 Å². The lowest BCUT2D eigenvalue weighted by atomic mass is 10.1. The van der Waals surface area contributed by atoms with Crippen molar-refractivity contribution in [3.05, 3.63) is 64.6 Å². The number of carbonyl (C=O) groups is 1. The molecule has 7 heteroatoms. The van der Waals surface area contributed by atoms with Crippen molar-refractivity contribution in [2.75, 3.05) is 7.11 Å². The van der Waals surface area contributed by atoms with Gasteiger partial charge >= 0.3 is 5.97 Å². The Labute approximate surface area is 143 Å². The van der Waals surface area contributed by atoms with Crippen molar-refractivity contribution >= 4 is 31.9 Å². The zero-order valence-electron chi connectivity index (χ0n) is 12.4. The number of esters is 1. The van der Waals surface area contributed by atoms with Crippen LogP contribution in [0.1, 0.15) is 18.0 Å². The fourth-order valence-electron chi connectivity index (χ4n) is 2.03. The van der Waals surface area contributed by atoms with Gasteiger partial charge in [-0.15, -0.1) is 0 Å². The predicted octanol–water partition coefficient (Wildman–Crippen LogP) is 3.03. The summed E-state index contributed by atoms with van der Waals surface area (Å²) in [5.74, 6) is -0.492. The first-order valence-corrected chi connectivity index (χ1v) is 9.09. The number of halogens is 1. The summed E-state index contributed by atoms with van der Waals surface area (Å²) in [5, 5.41) is 0. The maximum absolute atomic E-state index is 12.5. The molecule has 122 valence electrons. The van der Waals surface area contributed by atoms with E-state index in [9.17, 15) is 13.2 Å². The monoisotopic (exact) mass is 397 g/mol. The lowest BCUT2D eigenvalue weighted by Crippen LogP contribution is -2.30. The van der Waals surface area contributed by atoms with Gasteiger partial charge in [0.1, 0.15) is 0 Å². The molecule has 2 aromatic carbocycles.